The highest BCUT2D eigenvalue weighted by Crippen LogP contribution is 2.45. The van der Waals surface area contributed by atoms with Crippen molar-refractivity contribution in [2.45, 2.75) is 17.4 Å². The van der Waals surface area contributed by atoms with Crippen LogP contribution in [0.3, 0.4) is 0 Å². The van der Waals surface area contributed by atoms with E-state index in [1.165, 1.54) is 58.1 Å². The molecular formula is C51H32Br2F6INO6S4. The van der Waals surface area contributed by atoms with E-state index in [9.17, 15) is 43.2 Å². The summed E-state index contributed by atoms with van der Waals surface area (Å²) in [5, 5.41) is 2.79. The van der Waals surface area contributed by atoms with Gasteiger partial charge in [0.05, 0.1) is 0 Å². The lowest BCUT2D eigenvalue weighted by Crippen LogP contribution is -2.28. The summed E-state index contributed by atoms with van der Waals surface area (Å²) in [5.41, 5.74) is -5.56. The predicted octanol–water partition coefficient (Wildman–Crippen LogP) is 17.4. The number of para-hydroxylation sites is 2. The topological polar surface area (TPSA) is 90.0 Å². The maximum absolute atomic E-state index is 12.9. The summed E-state index contributed by atoms with van der Waals surface area (Å²) >= 11 is 11.6. The van der Waals surface area contributed by atoms with Gasteiger partial charge in [0.25, 0.3) is 0 Å². The number of thiophene rings is 2. The number of rotatable bonds is 9. The Balaban J connectivity index is 0.000000160. The molecule has 0 atom stereocenters. The first-order chi connectivity index (χ1) is 33.7. The molecule has 0 fully saturated rings. The lowest BCUT2D eigenvalue weighted by molar-refractivity contribution is -0.0504. The third-order valence-electron chi connectivity index (χ3n) is 10.3. The van der Waals surface area contributed by atoms with Crippen molar-refractivity contribution in [3.8, 4) is 11.5 Å². The van der Waals surface area contributed by atoms with Gasteiger partial charge < -0.3 is 13.3 Å². The molecule has 8 aromatic carbocycles. The van der Waals surface area contributed by atoms with E-state index in [1.807, 2.05) is 97.1 Å². The van der Waals surface area contributed by atoms with Crippen LogP contribution in [0.5, 0.6) is 11.5 Å². The Labute approximate surface area is 441 Å². The minimum Gasteiger partial charge on any atom is -0.376 e. The monoisotopic (exact) mass is 1280 g/mol. The largest absolute Gasteiger partial charge is 0.534 e. The number of alkyl halides is 6. The molecule has 0 amide bonds. The standard InChI is InChI=1S/C25H15BrF3NO3S2.C13H5BrF3IO3S2.C13H12/c26-22-15-19(33-35(31,32)25(27,28)29)14-21-20-13-18(11-12-23(20)34-24(21)22)30(16-7-3-1-4-8-16)17-9-5-2-6-10-17;14-10-5-7(21-23(19,20)13(15,16)17)4-9-8-3-6(18)1-2-11(8)22-12(9)10;1-3-7-12(8-4-1)11-13-9-5-2-6-10-13/h1-15H;1-5H;1-10H,11H2. The van der Waals surface area contributed by atoms with Crippen molar-refractivity contribution in [1.82, 2.24) is 0 Å². The van der Waals surface area contributed by atoms with Gasteiger partial charge in [0, 0.05) is 69.9 Å². The molecule has 20 heteroatoms. The Morgan fingerprint density at radius 3 is 1.25 bits per heavy atom. The maximum Gasteiger partial charge on any atom is 0.534 e. The second-order valence-electron chi connectivity index (χ2n) is 15.2. The number of halogens is 9. The molecule has 0 unspecified atom stereocenters. The smallest absolute Gasteiger partial charge is 0.376 e. The Morgan fingerprint density at radius 1 is 0.465 bits per heavy atom. The molecule has 0 aliphatic rings. The van der Waals surface area contributed by atoms with Gasteiger partial charge in [-0.05, 0) is 157 Å². The zero-order chi connectivity index (χ0) is 50.7. The average molecular weight is 1280 g/mol. The quantitative estimate of drug-likeness (QED) is 0.0615. The molecule has 0 saturated carbocycles. The lowest BCUT2D eigenvalue weighted by Gasteiger charge is -2.25. The average Bonchev–Trinajstić information content (AvgIpc) is 3.88. The zero-order valence-electron chi connectivity index (χ0n) is 36.0. The van der Waals surface area contributed by atoms with Crippen molar-refractivity contribution in [2.24, 2.45) is 0 Å². The zero-order valence-corrected chi connectivity index (χ0v) is 44.6. The maximum atomic E-state index is 12.9. The van der Waals surface area contributed by atoms with Crippen molar-refractivity contribution in [3.05, 3.63) is 206 Å². The molecule has 0 bridgehead atoms. The number of hydrogen-bond donors (Lipinski definition) is 0. The second-order valence-corrected chi connectivity index (χ2v) is 23.3. The van der Waals surface area contributed by atoms with Gasteiger partial charge in [0.2, 0.25) is 0 Å². The molecule has 0 aliphatic heterocycles. The van der Waals surface area contributed by atoms with E-state index in [0.29, 0.717) is 19.7 Å². The highest BCUT2D eigenvalue weighted by atomic mass is 127. The molecule has 10 aromatic rings. The van der Waals surface area contributed by atoms with Crippen molar-refractivity contribution in [2.75, 3.05) is 4.90 Å². The predicted molar refractivity (Wildman–Crippen MR) is 288 cm³/mol. The first-order valence-corrected chi connectivity index (χ1v) is 27.8. The second kappa shape index (κ2) is 21.5. The number of nitrogens with zero attached hydrogens (tertiary/aromatic N) is 1. The van der Waals surface area contributed by atoms with E-state index in [-0.39, 0.29) is 5.75 Å². The number of anilines is 3. The molecule has 0 spiro atoms. The van der Waals surface area contributed by atoms with Crippen LogP contribution >= 0.6 is 77.1 Å². The number of hydrogen-bond acceptors (Lipinski definition) is 9. The summed E-state index contributed by atoms with van der Waals surface area (Å²) in [5.74, 6) is -0.810. The molecule has 71 heavy (non-hydrogen) atoms. The first-order valence-electron chi connectivity index (χ1n) is 20.6. The van der Waals surface area contributed by atoms with Gasteiger partial charge >= 0.3 is 31.3 Å². The van der Waals surface area contributed by atoms with Crippen LogP contribution < -0.4 is 13.3 Å². The minimum atomic E-state index is -5.79. The number of fused-ring (bicyclic) bond motifs is 6. The normalized spacial score (nSPS) is 12.0. The Morgan fingerprint density at radius 2 is 0.845 bits per heavy atom. The van der Waals surface area contributed by atoms with Crippen LogP contribution in [0.2, 0.25) is 0 Å². The van der Waals surface area contributed by atoms with E-state index >= 15 is 0 Å². The summed E-state index contributed by atoms with van der Waals surface area (Å²) in [6.07, 6.45) is 1.03. The van der Waals surface area contributed by atoms with Crippen LogP contribution in [-0.4, -0.2) is 27.9 Å². The summed E-state index contributed by atoms with van der Waals surface area (Å²) in [4.78, 5) is 2.06. The fourth-order valence-corrected chi connectivity index (χ4v) is 12.1. The molecule has 0 N–H and O–H groups in total. The highest BCUT2D eigenvalue weighted by molar-refractivity contribution is 14.1. The third-order valence-corrected chi connectivity index (χ3v) is 17.1. The fourth-order valence-electron chi connectivity index (χ4n) is 7.20. The molecule has 0 saturated heterocycles. The molecule has 0 radical (unpaired) electrons. The van der Waals surface area contributed by atoms with E-state index in [4.69, 9.17) is 0 Å². The molecule has 2 aromatic heterocycles. The lowest BCUT2D eigenvalue weighted by atomic mass is 10.1. The van der Waals surface area contributed by atoms with E-state index < -0.39 is 37.0 Å². The van der Waals surface area contributed by atoms with Crippen LogP contribution in [0.15, 0.2) is 191 Å². The van der Waals surface area contributed by atoms with Gasteiger partial charge in [-0.2, -0.15) is 43.2 Å². The van der Waals surface area contributed by atoms with E-state index in [0.717, 1.165) is 56.6 Å². The molecule has 7 nitrogen and oxygen atoms in total. The van der Waals surface area contributed by atoms with Crippen LogP contribution in [0.1, 0.15) is 11.1 Å². The summed E-state index contributed by atoms with van der Waals surface area (Å²) in [6.45, 7) is 0. The Bertz CT molecular complexity index is 3660. The minimum absolute atomic E-state index is 0.389. The van der Waals surface area contributed by atoms with Gasteiger partial charge in [-0.1, -0.05) is 97.1 Å². The Hall–Kier alpha value is -5.23. The molecule has 2 heterocycles. The fraction of sp³-hybridized carbons (Fsp3) is 0.0588. The van der Waals surface area contributed by atoms with Crippen LogP contribution in [0.4, 0.5) is 43.4 Å². The third kappa shape index (κ3) is 12.2. The summed E-state index contributed by atoms with van der Waals surface area (Å²) in [6, 6.07) is 57.2. The number of benzene rings is 8. The van der Waals surface area contributed by atoms with Crippen LogP contribution in [-0.2, 0) is 26.7 Å². The van der Waals surface area contributed by atoms with E-state index in [2.05, 4.69) is 128 Å². The van der Waals surface area contributed by atoms with Gasteiger partial charge in [-0.15, -0.1) is 22.7 Å². The molecule has 0 aliphatic carbocycles. The summed E-state index contributed by atoms with van der Waals surface area (Å²) in [7, 11) is -11.5. The van der Waals surface area contributed by atoms with E-state index in [1.54, 1.807) is 0 Å². The van der Waals surface area contributed by atoms with Gasteiger partial charge in [-0.3, -0.25) is 0 Å². The van der Waals surface area contributed by atoms with Crippen LogP contribution in [0, 0.1) is 3.57 Å². The van der Waals surface area contributed by atoms with Gasteiger partial charge in [0.1, 0.15) is 11.5 Å². The molecular weight excluding hydrogens is 1250 g/mol. The molecule has 10 rings (SSSR count). The molecule has 364 valence electrons. The highest BCUT2D eigenvalue weighted by Gasteiger charge is 2.49. The summed E-state index contributed by atoms with van der Waals surface area (Å²) < 4.78 is 135. The van der Waals surface area contributed by atoms with Crippen molar-refractivity contribution >= 4 is 155 Å². The van der Waals surface area contributed by atoms with Crippen molar-refractivity contribution < 1.29 is 51.5 Å². The van der Waals surface area contributed by atoms with Crippen LogP contribution in [0.25, 0.3) is 40.3 Å². The van der Waals surface area contributed by atoms with Gasteiger partial charge in [0.15, 0.2) is 0 Å². The Kier molecular flexibility index (Phi) is 15.8. The van der Waals surface area contributed by atoms with Crippen molar-refractivity contribution in [1.29, 1.82) is 0 Å². The van der Waals surface area contributed by atoms with Gasteiger partial charge in [-0.25, -0.2) is 0 Å². The van der Waals surface area contributed by atoms with Crippen molar-refractivity contribution in [3.63, 3.8) is 0 Å². The SMILES string of the molecule is O=S(=O)(Oc1cc(Br)c2sc3ccc(I)cc3c2c1)C(F)(F)F.O=S(=O)(Oc1cc(Br)c2sc3ccc(N(c4ccccc4)c4ccccc4)cc3c2c1)C(F)(F)F.c1ccc(Cc2ccccc2)cc1. The first kappa shape index (κ1) is 52.1.